The van der Waals surface area contributed by atoms with Gasteiger partial charge in [0, 0.05) is 10.6 Å². The van der Waals surface area contributed by atoms with Crippen molar-refractivity contribution in [2.75, 3.05) is 5.32 Å². The molecule has 104 valence electrons. The number of aryl methyl sites for hydroxylation is 2. The van der Waals surface area contributed by atoms with E-state index < -0.39 is 0 Å². The summed E-state index contributed by atoms with van der Waals surface area (Å²) in [4.78, 5) is 12.5. The standard InChI is InChI=1S/C14H14ClN3OS/c1-9-5-10(2)7-11(6-9)17-14(19)18-16-8-12-3-4-13(15)20-12/h3-8H,1-2H3,(H2,17,18,19)/b16-8+. The molecular formula is C14H14ClN3OS. The van der Waals surface area contributed by atoms with Crippen molar-refractivity contribution < 1.29 is 4.79 Å². The Morgan fingerprint density at radius 3 is 2.55 bits per heavy atom. The summed E-state index contributed by atoms with van der Waals surface area (Å²) >= 11 is 7.19. The second-order valence-corrected chi connectivity index (χ2v) is 6.09. The summed E-state index contributed by atoms with van der Waals surface area (Å²) in [6, 6.07) is 9.07. The van der Waals surface area contributed by atoms with Gasteiger partial charge in [-0.25, -0.2) is 10.2 Å². The number of benzene rings is 1. The van der Waals surface area contributed by atoms with E-state index in [0.717, 1.165) is 21.7 Å². The third-order valence-electron chi connectivity index (χ3n) is 2.43. The summed E-state index contributed by atoms with van der Waals surface area (Å²) in [7, 11) is 0. The summed E-state index contributed by atoms with van der Waals surface area (Å²) in [6.07, 6.45) is 1.55. The molecular weight excluding hydrogens is 294 g/mol. The van der Waals surface area contributed by atoms with Crippen LogP contribution in [0.1, 0.15) is 16.0 Å². The number of carbonyl (C=O) groups excluding carboxylic acids is 1. The van der Waals surface area contributed by atoms with Gasteiger partial charge in [0.15, 0.2) is 0 Å². The molecule has 6 heteroatoms. The van der Waals surface area contributed by atoms with Crippen LogP contribution in [-0.2, 0) is 0 Å². The molecule has 0 aliphatic heterocycles. The van der Waals surface area contributed by atoms with Crippen molar-refractivity contribution in [3.8, 4) is 0 Å². The molecule has 0 aliphatic carbocycles. The number of rotatable bonds is 3. The van der Waals surface area contributed by atoms with Crippen LogP contribution in [0.4, 0.5) is 10.5 Å². The molecule has 0 atom stereocenters. The summed E-state index contributed by atoms with van der Waals surface area (Å²) in [6.45, 7) is 3.96. The van der Waals surface area contributed by atoms with Crippen LogP contribution in [0.25, 0.3) is 0 Å². The number of carbonyl (C=O) groups is 1. The molecule has 20 heavy (non-hydrogen) atoms. The highest BCUT2D eigenvalue weighted by molar-refractivity contribution is 7.17. The van der Waals surface area contributed by atoms with Crippen LogP contribution >= 0.6 is 22.9 Å². The third kappa shape index (κ3) is 4.36. The van der Waals surface area contributed by atoms with Gasteiger partial charge in [0.25, 0.3) is 0 Å². The molecule has 0 saturated heterocycles. The third-order valence-corrected chi connectivity index (χ3v) is 3.60. The maximum absolute atomic E-state index is 11.7. The van der Waals surface area contributed by atoms with Crippen molar-refractivity contribution in [1.29, 1.82) is 0 Å². The van der Waals surface area contributed by atoms with Gasteiger partial charge >= 0.3 is 6.03 Å². The minimum Gasteiger partial charge on any atom is -0.307 e. The highest BCUT2D eigenvalue weighted by Gasteiger charge is 2.01. The van der Waals surface area contributed by atoms with Crippen LogP contribution in [0.5, 0.6) is 0 Å². The van der Waals surface area contributed by atoms with E-state index in [0.29, 0.717) is 4.34 Å². The molecule has 1 aromatic carbocycles. The molecule has 4 nitrogen and oxygen atoms in total. The quantitative estimate of drug-likeness (QED) is 0.649. The van der Waals surface area contributed by atoms with Crippen molar-refractivity contribution in [2.24, 2.45) is 5.10 Å². The first kappa shape index (κ1) is 14.6. The zero-order chi connectivity index (χ0) is 14.5. The van der Waals surface area contributed by atoms with Crippen LogP contribution < -0.4 is 10.7 Å². The van der Waals surface area contributed by atoms with E-state index >= 15 is 0 Å². The van der Waals surface area contributed by atoms with E-state index in [9.17, 15) is 4.79 Å². The Hall–Kier alpha value is -1.85. The number of hydrogen-bond donors (Lipinski definition) is 2. The first-order valence-corrected chi connectivity index (χ1v) is 7.16. The highest BCUT2D eigenvalue weighted by Crippen LogP contribution is 2.19. The Morgan fingerprint density at radius 2 is 1.95 bits per heavy atom. The van der Waals surface area contributed by atoms with Gasteiger partial charge in [0.05, 0.1) is 10.6 Å². The number of nitrogens with zero attached hydrogens (tertiary/aromatic N) is 1. The number of nitrogens with one attached hydrogen (secondary N) is 2. The van der Waals surface area contributed by atoms with Gasteiger partial charge < -0.3 is 5.32 Å². The first-order valence-electron chi connectivity index (χ1n) is 5.96. The van der Waals surface area contributed by atoms with Crippen LogP contribution in [0, 0.1) is 13.8 Å². The van der Waals surface area contributed by atoms with Crippen LogP contribution in [-0.4, -0.2) is 12.2 Å². The van der Waals surface area contributed by atoms with Gasteiger partial charge in [0.1, 0.15) is 0 Å². The Bertz CT molecular complexity index is 631. The van der Waals surface area contributed by atoms with Gasteiger partial charge in [-0.05, 0) is 49.2 Å². The maximum atomic E-state index is 11.7. The normalized spacial score (nSPS) is 10.8. The van der Waals surface area contributed by atoms with Gasteiger partial charge in [-0.2, -0.15) is 5.10 Å². The Balaban J connectivity index is 1.90. The lowest BCUT2D eigenvalue weighted by molar-refractivity contribution is 0.252. The average molecular weight is 308 g/mol. The zero-order valence-corrected chi connectivity index (χ0v) is 12.7. The number of hydrogen-bond acceptors (Lipinski definition) is 3. The summed E-state index contributed by atoms with van der Waals surface area (Å²) in [5, 5.41) is 6.59. The maximum Gasteiger partial charge on any atom is 0.339 e. The van der Waals surface area contributed by atoms with Gasteiger partial charge in [-0.3, -0.25) is 0 Å². The van der Waals surface area contributed by atoms with E-state index in [-0.39, 0.29) is 6.03 Å². The number of urea groups is 1. The van der Waals surface area contributed by atoms with E-state index in [1.54, 1.807) is 12.3 Å². The molecule has 2 N–H and O–H groups in total. The van der Waals surface area contributed by atoms with Crippen LogP contribution in [0.3, 0.4) is 0 Å². The molecule has 1 aromatic heterocycles. The number of amides is 2. The second-order valence-electron chi connectivity index (χ2n) is 4.34. The molecule has 0 fully saturated rings. The lowest BCUT2D eigenvalue weighted by Gasteiger charge is -2.06. The fraction of sp³-hybridized carbons (Fsp3) is 0.143. The Labute approximate surface area is 126 Å². The van der Waals surface area contributed by atoms with Crippen molar-refractivity contribution in [3.63, 3.8) is 0 Å². The van der Waals surface area contributed by atoms with Crippen molar-refractivity contribution in [3.05, 3.63) is 50.7 Å². The lowest BCUT2D eigenvalue weighted by Crippen LogP contribution is -2.24. The molecule has 2 rings (SSSR count). The molecule has 0 bridgehead atoms. The zero-order valence-electron chi connectivity index (χ0n) is 11.1. The van der Waals surface area contributed by atoms with Gasteiger partial charge in [-0.15, -0.1) is 11.3 Å². The molecule has 0 aliphatic rings. The summed E-state index contributed by atoms with van der Waals surface area (Å²) < 4.78 is 0.686. The van der Waals surface area contributed by atoms with E-state index in [1.807, 2.05) is 38.1 Å². The largest absolute Gasteiger partial charge is 0.339 e. The fourth-order valence-electron chi connectivity index (χ4n) is 1.76. The molecule has 0 spiro atoms. The number of thiophene rings is 1. The van der Waals surface area contributed by atoms with Gasteiger partial charge in [0.2, 0.25) is 0 Å². The predicted octanol–water partition coefficient (Wildman–Crippen LogP) is 4.17. The topological polar surface area (TPSA) is 53.5 Å². The van der Waals surface area contributed by atoms with E-state index in [1.165, 1.54) is 11.3 Å². The first-order chi connectivity index (χ1) is 9.52. The van der Waals surface area contributed by atoms with Crippen molar-refractivity contribution >= 4 is 40.9 Å². The minimum atomic E-state index is -0.381. The Morgan fingerprint density at radius 1 is 1.25 bits per heavy atom. The smallest absolute Gasteiger partial charge is 0.307 e. The predicted molar refractivity (Wildman–Crippen MR) is 85.0 cm³/mol. The molecule has 0 unspecified atom stereocenters. The van der Waals surface area contributed by atoms with Crippen LogP contribution in [0.15, 0.2) is 35.4 Å². The molecule has 1 heterocycles. The SMILES string of the molecule is Cc1cc(C)cc(NC(=O)N/N=C/c2ccc(Cl)s2)c1. The minimum absolute atomic E-state index is 0.381. The highest BCUT2D eigenvalue weighted by atomic mass is 35.5. The molecule has 0 saturated carbocycles. The summed E-state index contributed by atoms with van der Waals surface area (Å²) in [5.41, 5.74) is 5.34. The lowest BCUT2D eigenvalue weighted by atomic mass is 10.1. The number of halogens is 1. The summed E-state index contributed by atoms with van der Waals surface area (Å²) in [5.74, 6) is 0. The van der Waals surface area contributed by atoms with Crippen molar-refractivity contribution in [1.82, 2.24) is 5.43 Å². The van der Waals surface area contributed by atoms with E-state index in [2.05, 4.69) is 15.8 Å². The number of hydrazone groups is 1. The van der Waals surface area contributed by atoms with Crippen LogP contribution in [0.2, 0.25) is 4.34 Å². The average Bonchev–Trinajstić information content (AvgIpc) is 2.73. The Kier molecular flexibility index (Phi) is 4.76. The second kappa shape index (κ2) is 6.54. The van der Waals surface area contributed by atoms with E-state index in [4.69, 9.17) is 11.6 Å². The van der Waals surface area contributed by atoms with Crippen molar-refractivity contribution in [2.45, 2.75) is 13.8 Å². The fourth-order valence-corrected chi connectivity index (χ4v) is 2.69. The molecule has 0 radical (unpaired) electrons. The monoisotopic (exact) mass is 307 g/mol. The molecule has 2 amide bonds. The molecule has 2 aromatic rings. The number of anilines is 1. The van der Waals surface area contributed by atoms with Gasteiger partial charge in [-0.1, -0.05) is 17.7 Å².